The minimum absolute atomic E-state index is 0.625. The summed E-state index contributed by atoms with van der Waals surface area (Å²) in [4.78, 5) is 0. The van der Waals surface area contributed by atoms with E-state index in [9.17, 15) is 0 Å². The van der Waals surface area contributed by atoms with Crippen LogP contribution in [0, 0.1) is 0 Å². The van der Waals surface area contributed by atoms with Gasteiger partial charge in [0.1, 0.15) is 0 Å². The minimum atomic E-state index is 0.625. The van der Waals surface area contributed by atoms with E-state index in [1.165, 1.54) is 18.3 Å². The molecule has 0 radical (unpaired) electrons. The molecule has 0 aliphatic carbocycles. The number of rotatable bonds is 0. The van der Waals surface area contributed by atoms with Crippen LogP contribution in [0.2, 0.25) is 4.01 Å². The molecule has 0 bridgehead atoms. The molecule has 0 spiro atoms. The van der Waals surface area contributed by atoms with Crippen LogP contribution in [0.5, 0.6) is 0 Å². The van der Waals surface area contributed by atoms with Crippen molar-refractivity contribution < 1.29 is 18.3 Å². The Morgan fingerprint density at radius 1 is 1.20 bits per heavy atom. The van der Waals surface area contributed by atoms with Gasteiger partial charge in [0.25, 0.3) is 0 Å². The van der Waals surface area contributed by atoms with Crippen LogP contribution in [-0.4, -0.2) is 0 Å². The molecule has 0 aromatic rings. The Morgan fingerprint density at radius 3 is 1.20 bits per heavy atom. The molecule has 0 atom stereocenters. The van der Waals surface area contributed by atoms with Gasteiger partial charge in [-0.15, -0.1) is 0 Å². The second-order valence-electron chi connectivity index (χ2n) is 2.56. The van der Waals surface area contributed by atoms with E-state index in [0.29, 0.717) is 4.01 Å². The van der Waals surface area contributed by atoms with Gasteiger partial charge in [0.2, 0.25) is 0 Å². The van der Waals surface area contributed by atoms with Crippen molar-refractivity contribution in [2.24, 2.45) is 0 Å². The molecule has 0 aliphatic rings. The maximum atomic E-state index is 2.24. The van der Waals surface area contributed by atoms with Gasteiger partial charge >= 0.3 is 43.1 Å². The van der Waals surface area contributed by atoms with Gasteiger partial charge in [0, 0.05) is 0 Å². The molecular weight excluding hydrogens is 113 g/mol. The van der Waals surface area contributed by atoms with E-state index in [2.05, 4.69) is 20.8 Å². The van der Waals surface area contributed by atoms with Crippen LogP contribution >= 0.6 is 0 Å². The molecule has 0 fully saturated rings. The van der Waals surface area contributed by atoms with Crippen LogP contribution in [0.3, 0.4) is 0 Å². The maximum absolute atomic E-state index is 2.24. The van der Waals surface area contributed by atoms with Crippen LogP contribution in [0.25, 0.3) is 0 Å². The molecule has 0 aromatic heterocycles. The topological polar surface area (TPSA) is 0 Å². The first kappa shape index (κ1) is 5.62. The van der Waals surface area contributed by atoms with Crippen molar-refractivity contribution in [1.29, 1.82) is 0 Å². The molecule has 0 aromatic carbocycles. The van der Waals surface area contributed by atoms with Crippen molar-refractivity contribution in [3.8, 4) is 0 Å². The Hall–Kier alpha value is 0.623. The predicted molar refractivity (Wildman–Crippen MR) is 19.7 cm³/mol. The van der Waals surface area contributed by atoms with Crippen molar-refractivity contribution in [1.82, 2.24) is 0 Å². The molecule has 0 saturated heterocycles. The quantitative estimate of drug-likeness (QED) is 0.430. The summed E-state index contributed by atoms with van der Waals surface area (Å²) in [5.74, 6) is 0. The molecule has 27 valence electrons. The monoisotopic (exact) mass is 121 g/mol. The molecule has 0 N–H and O–H groups in total. The summed E-state index contributed by atoms with van der Waals surface area (Å²) in [5.41, 5.74) is 0. The third-order valence-electron chi connectivity index (χ3n) is 0. The van der Waals surface area contributed by atoms with Crippen LogP contribution in [0.15, 0.2) is 0 Å². The van der Waals surface area contributed by atoms with Gasteiger partial charge in [-0.1, -0.05) is 0 Å². The summed E-state index contributed by atoms with van der Waals surface area (Å²) in [5, 5.41) is 0. The van der Waals surface area contributed by atoms with E-state index in [1.807, 2.05) is 0 Å². The van der Waals surface area contributed by atoms with Crippen LogP contribution in [-0.2, 0) is 18.3 Å². The zero-order chi connectivity index (χ0) is 4.50. The second kappa shape index (κ2) is 1.38. The first-order chi connectivity index (χ1) is 2.00. The van der Waals surface area contributed by atoms with Crippen LogP contribution < -0.4 is 0 Å². The molecule has 0 amide bonds. The molecular formula is C4H9Zn. The zero-order valence-corrected chi connectivity index (χ0v) is 7.17. The molecule has 0 saturated carbocycles. The van der Waals surface area contributed by atoms with E-state index >= 15 is 0 Å². The summed E-state index contributed by atoms with van der Waals surface area (Å²) in [6.07, 6.45) is 0. The van der Waals surface area contributed by atoms with E-state index < -0.39 is 0 Å². The first-order valence-corrected chi connectivity index (χ1v) is 3.34. The Bertz CT molecular complexity index is 19.1. The molecule has 1 heteroatoms. The second-order valence-corrected chi connectivity index (χ2v) is 7.01. The Kier molecular flexibility index (Phi) is 1.56. The molecule has 0 rings (SSSR count). The van der Waals surface area contributed by atoms with Gasteiger partial charge in [-0.3, -0.25) is 0 Å². The Balaban J connectivity index is 3.02. The third-order valence-corrected chi connectivity index (χ3v) is 0. The van der Waals surface area contributed by atoms with Gasteiger partial charge in [-0.05, 0) is 0 Å². The third kappa shape index (κ3) is 81.9. The zero-order valence-electron chi connectivity index (χ0n) is 4.21. The number of hydrogen-bond donors (Lipinski definition) is 0. The summed E-state index contributed by atoms with van der Waals surface area (Å²) in [7, 11) is 0. The summed E-state index contributed by atoms with van der Waals surface area (Å²) in [6, 6.07) is 0. The van der Waals surface area contributed by atoms with Gasteiger partial charge in [-0.25, -0.2) is 0 Å². The van der Waals surface area contributed by atoms with Crippen molar-refractivity contribution in [3.05, 3.63) is 0 Å². The van der Waals surface area contributed by atoms with E-state index in [1.54, 1.807) is 0 Å². The Labute approximate surface area is 43.6 Å². The summed E-state index contributed by atoms with van der Waals surface area (Å²) >= 11 is 1.40. The van der Waals surface area contributed by atoms with Gasteiger partial charge in [0.05, 0.1) is 0 Å². The molecule has 0 heterocycles. The fourth-order valence-corrected chi connectivity index (χ4v) is 0. The summed E-state index contributed by atoms with van der Waals surface area (Å²) in [6.45, 7) is 6.73. The average Bonchev–Trinajstić information content (AvgIpc) is 0.722. The Morgan fingerprint density at radius 2 is 1.20 bits per heavy atom. The SMILES string of the molecule is C[C](C)(C)[Zn]. The van der Waals surface area contributed by atoms with Crippen molar-refractivity contribution >= 4 is 0 Å². The normalized spacial score (nSPS) is 12.2. The molecule has 5 heavy (non-hydrogen) atoms. The van der Waals surface area contributed by atoms with Crippen molar-refractivity contribution in [2.45, 2.75) is 24.8 Å². The van der Waals surface area contributed by atoms with Crippen molar-refractivity contribution in [2.75, 3.05) is 0 Å². The van der Waals surface area contributed by atoms with Crippen LogP contribution in [0.1, 0.15) is 20.8 Å². The first-order valence-electron chi connectivity index (χ1n) is 1.85. The fraction of sp³-hybridized carbons (Fsp3) is 1.00. The number of hydrogen-bond acceptors (Lipinski definition) is 0. The van der Waals surface area contributed by atoms with E-state index in [-0.39, 0.29) is 0 Å². The standard InChI is InChI=1S/C4H9.Zn/c1-4(2)3;/h1-3H3;. The average molecular weight is 123 g/mol. The van der Waals surface area contributed by atoms with Crippen LogP contribution in [0.4, 0.5) is 0 Å². The molecule has 0 nitrogen and oxygen atoms in total. The summed E-state index contributed by atoms with van der Waals surface area (Å²) < 4.78 is 0.625. The van der Waals surface area contributed by atoms with Crippen molar-refractivity contribution in [3.63, 3.8) is 0 Å². The van der Waals surface area contributed by atoms with Gasteiger partial charge in [0.15, 0.2) is 0 Å². The van der Waals surface area contributed by atoms with Gasteiger partial charge < -0.3 is 0 Å². The fourth-order valence-electron chi connectivity index (χ4n) is 0. The molecule has 0 aliphatic heterocycles. The van der Waals surface area contributed by atoms with Gasteiger partial charge in [-0.2, -0.15) is 0 Å². The predicted octanol–water partition coefficient (Wildman–Crippen LogP) is 1.75. The molecule has 0 unspecified atom stereocenters. The van der Waals surface area contributed by atoms with E-state index in [4.69, 9.17) is 0 Å². The van der Waals surface area contributed by atoms with E-state index in [0.717, 1.165) is 0 Å².